The van der Waals surface area contributed by atoms with Gasteiger partial charge in [0.25, 0.3) is 0 Å². The molecule has 0 spiro atoms. The van der Waals surface area contributed by atoms with Crippen LogP contribution < -0.4 is 17.1 Å². The first kappa shape index (κ1) is 13.2. The van der Waals surface area contributed by atoms with Gasteiger partial charge in [0.2, 0.25) is 12.2 Å². The molecule has 0 aliphatic carbocycles. The van der Waals surface area contributed by atoms with Crippen molar-refractivity contribution >= 4 is 12.2 Å². The molecule has 1 rings (SSSR count). The molecule has 1 aromatic rings. The second-order valence-electron chi connectivity index (χ2n) is 2.00. The largest absolute Gasteiger partial charge is 0.330 e. The van der Waals surface area contributed by atoms with Gasteiger partial charge in [-0.25, -0.2) is 24.0 Å². The third-order valence-electron chi connectivity index (χ3n) is 0.952. The molecule has 84 valence electrons. The molecule has 0 saturated heterocycles. The molecule has 0 amide bonds. The lowest BCUT2D eigenvalue weighted by Gasteiger charge is -1.77. The summed E-state index contributed by atoms with van der Waals surface area (Å²) in [6.07, 6.45) is 2.41. The lowest BCUT2D eigenvalue weighted by Crippen LogP contribution is -2.34. The van der Waals surface area contributed by atoms with Crippen LogP contribution >= 0.6 is 0 Å². The molecule has 16 heavy (non-hydrogen) atoms. The van der Waals surface area contributed by atoms with Crippen LogP contribution in [0.25, 0.3) is 0 Å². The lowest BCUT2D eigenvalue weighted by atomic mass is 11.0. The molecular weight excluding hydrogens is 222 g/mol. The Morgan fingerprint density at radius 1 is 0.812 bits per heavy atom. The Bertz CT molecular complexity index is 488. The van der Waals surface area contributed by atoms with Crippen LogP contribution in [0.5, 0.6) is 0 Å². The molecule has 0 radical (unpaired) electrons. The molecule has 0 saturated carbocycles. The van der Waals surface area contributed by atoms with Crippen LogP contribution in [0.15, 0.2) is 24.4 Å². The molecule has 10 heteroatoms. The maximum atomic E-state index is 10.2. The SMILES string of the molecule is O=C=NCN=C=O.O=c1[nH]c(=O)[nH]c(=O)[nH]1. The number of H-pyrrole nitrogens is 3. The minimum absolute atomic E-state index is 0.160. The van der Waals surface area contributed by atoms with E-state index in [0.29, 0.717) is 0 Å². The molecular formula is C6H5N5O5. The van der Waals surface area contributed by atoms with Crippen LogP contribution in [-0.4, -0.2) is 33.8 Å². The van der Waals surface area contributed by atoms with Gasteiger partial charge in [-0.1, -0.05) is 0 Å². The van der Waals surface area contributed by atoms with Gasteiger partial charge in [-0.3, -0.25) is 15.0 Å². The molecule has 0 unspecified atom stereocenters. The smallest absolute Gasteiger partial charge is 0.259 e. The van der Waals surface area contributed by atoms with Crippen molar-refractivity contribution in [2.45, 2.75) is 0 Å². The molecule has 0 fully saturated rings. The molecule has 0 atom stereocenters. The summed E-state index contributed by atoms with van der Waals surface area (Å²) < 4.78 is 0. The van der Waals surface area contributed by atoms with Crippen LogP contribution in [0, 0.1) is 0 Å². The zero-order valence-electron chi connectivity index (χ0n) is 7.64. The number of isocyanates is 2. The van der Waals surface area contributed by atoms with Gasteiger partial charge in [0, 0.05) is 0 Å². The van der Waals surface area contributed by atoms with Crippen LogP contribution in [-0.2, 0) is 9.59 Å². The van der Waals surface area contributed by atoms with Gasteiger partial charge in [-0.15, -0.1) is 0 Å². The van der Waals surface area contributed by atoms with Gasteiger partial charge in [-0.2, -0.15) is 9.98 Å². The van der Waals surface area contributed by atoms with Crippen molar-refractivity contribution in [2.75, 3.05) is 6.67 Å². The summed E-state index contributed by atoms with van der Waals surface area (Å²) in [5, 5.41) is 0. The van der Waals surface area contributed by atoms with E-state index < -0.39 is 17.1 Å². The number of aromatic amines is 3. The number of hydrogen-bond donors (Lipinski definition) is 3. The summed E-state index contributed by atoms with van der Waals surface area (Å²) in [4.78, 5) is 60.2. The highest BCUT2D eigenvalue weighted by Gasteiger charge is 1.85. The minimum atomic E-state index is -0.802. The van der Waals surface area contributed by atoms with Crippen molar-refractivity contribution < 1.29 is 9.59 Å². The van der Waals surface area contributed by atoms with Crippen LogP contribution in [0.4, 0.5) is 0 Å². The average Bonchev–Trinajstić information content (AvgIpc) is 2.17. The number of carbonyl (C=O) groups excluding carboxylic acids is 2. The lowest BCUT2D eigenvalue weighted by molar-refractivity contribution is 0.560. The Kier molecular flexibility index (Phi) is 6.22. The first-order valence-corrected chi connectivity index (χ1v) is 3.60. The summed E-state index contributed by atoms with van der Waals surface area (Å²) in [6.45, 7) is -0.160. The van der Waals surface area contributed by atoms with Gasteiger partial charge < -0.3 is 0 Å². The topological polar surface area (TPSA) is 157 Å². The Hall–Kier alpha value is -2.83. The van der Waals surface area contributed by atoms with E-state index in [1.54, 1.807) is 15.0 Å². The van der Waals surface area contributed by atoms with Gasteiger partial charge in [-0.05, 0) is 0 Å². The van der Waals surface area contributed by atoms with E-state index in [0.717, 1.165) is 0 Å². The van der Waals surface area contributed by atoms with Crippen LogP contribution in [0.2, 0.25) is 0 Å². The van der Waals surface area contributed by atoms with Crippen molar-refractivity contribution in [3.05, 3.63) is 31.5 Å². The predicted molar refractivity (Wildman–Crippen MR) is 49.4 cm³/mol. The summed E-state index contributed by atoms with van der Waals surface area (Å²) in [7, 11) is 0. The highest BCUT2D eigenvalue weighted by Crippen LogP contribution is 1.61. The third kappa shape index (κ3) is 6.66. The normalized spacial score (nSPS) is 7.75. The second-order valence-corrected chi connectivity index (χ2v) is 2.00. The molecule has 10 nitrogen and oxygen atoms in total. The molecule has 0 aromatic carbocycles. The number of nitrogens with one attached hydrogen (secondary N) is 3. The summed E-state index contributed by atoms with van der Waals surface area (Å²) in [6, 6.07) is 0. The molecule has 3 N–H and O–H groups in total. The number of hydrogen-bond acceptors (Lipinski definition) is 7. The van der Waals surface area contributed by atoms with E-state index in [1.807, 2.05) is 0 Å². The molecule has 0 bridgehead atoms. The highest BCUT2D eigenvalue weighted by atomic mass is 16.2. The van der Waals surface area contributed by atoms with Gasteiger partial charge in [0.05, 0.1) is 0 Å². The highest BCUT2D eigenvalue weighted by molar-refractivity contribution is 5.35. The third-order valence-corrected chi connectivity index (χ3v) is 0.952. The first-order valence-electron chi connectivity index (χ1n) is 3.60. The van der Waals surface area contributed by atoms with E-state index in [2.05, 4.69) is 9.98 Å². The van der Waals surface area contributed by atoms with Gasteiger partial charge in [0.15, 0.2) is 6.67 Å². The quantitative estimate of drug-likeness (QED) is 0.371. The van der Waals surface area contributed by atoms with Crippen LogP contribution in [0.3, 0.4) is 0 Å². The summed E-state index contributed by atoms with van der Waals surface area (Å²) in [5.41, 5.74) is -2.41. The summed E-state index contributed by atoms with van der Waals surface area (Å²) in [5.74, 6) is 0. The number of aromatic nitrogens is 3. The Balaban J connectivity index is 0.000000293. The monoisotopic (exact) mass is 227 g/mol. The standard InChI is InChI=1S/C3H3N3O3.C3H2N2O2/c7-1-4-2(8)6-3(9)5-1;6-2-4-1-5-3-7/h(H3,4,5,6,7,8,9);1H2. The first-order chi connectivity index (χ1) is 7.60. The molecule has 1 aromatic heterocycles. The average molecular weight is 227 g/mol. The van der Waals surface area contributed by atoms with E-state index in [1.165, 1.54) is 12.2 Å². The van der Waals surface area contributed by atoms with Gasteiger partial charge in [0.1, 0.15) is 0 Å². The summed E-state index contributed by atoms with van der Waals surface area (Å²) >= 11 is 0. The number of aliphatic imine (C=N–C) groups is 2. The minimum Gasteiger partial charge on any atom is -0.259 e. The van der Waals surface area contributed by atoms with Crippen LogP contribution in [0.1, 0.15) is 0 Å². The Labute approximate surface area is 85.8 Å². The molecule has 1 heterocycles. The van der Waals surface area contributed by atoms with E-state index in [4.69, 9.17) is 0 Å². The van der Waals surface area contributed by atoms with E-state index in [-0.39, 0.29) is 6.67 Å². The van der Waals surface area contributed by atoms with Gasteiger partial charge >= 0.3 is 17.1 Å². The fraction of sp³-hybridized carbons (Fsp3) is 0.167. The maximum Gasteiger partial charge on any atom is 0.330 e. The Morgan fingerprint density at radius 2 is 1.12 bits per heavy atom. The van der Waals surface area contributed by atoms with Crippen molar-refractivity contribution in [3.8, 4) is 0 Å². The van der Waals surface area contributed by atoms with Crippen molar-refractivity contribution in [1.29, 1.82) is 0 Å². The Morgan fingerprint density at radius 3 is 1.38 bits per heavy atom. The molecule has 0 aliphatic heterocycles. The number of nitrogens with zero attached hydrogens (tertiary/aromatic N) is 2. The van der Waals surface area contributed by atoms with E-state index >= 15 is 0 Å². The van der Waals surface area contributed by atoms with Crippen molar-refractivity contribution in [3.63, 3.8) is 0 Å². The predicted octanol–water partition coefficient (Wildman–Crippen LogP) is -2.63. The van der Waals surface area contributed by atoms with E-state index in [9.17, 15) is 24.0 Å². The fourth-order valence-electron chi connectivity index (χ4n) is 0.496. The maximum absolute atomic E-state index is 10.2. The zero-order valence-corrected chi connectivity index (χ0v) is 7.64. The van der Waals surface area contributed by atoms with Crippen molar-refractivity contribution in [2.24, 2.45) is 9.98 Å². The zero-order chi connectivity index (χ0) is 12.4. The second kappa shape index (κ2) is 7.56. The van der Waals surface area contributed by atoms with Crippen molar-refractivity contribution in [1.82, 2.24) is 15.0 Å². The fourth-order valence-corrected chi connectivity index (χ4v) is 0.496. The number of rotatable bonds is 2. The molecule has 0 aliphatic rings.